The van der Waals surface area contributed by atoms with Gasteiger partial charge in [0.15, 0.2) is 0 Å². The molecule has 0 saturated heterocycles. The third kappa shape index (κ3) is 5.15. The molecule has 0 aliphatic rings. The van der Waals surface area contributed by atoms with Gasteiger partial charge in [-0.25, -0.2) is 0 Å². The molecule has 0 saturated carbocycles. The van der Waals surface area contributed by atoms with Gasteiger partial charge in [0, 0.05) is 18.0 Å². The smallest absolute Gasteiger partial charge is 0.274 e. The number of nitrogens with two attached hydrogens (primary N) is 1. The van der Waals surface area contributed by atoms with Gasteiger partial charge in [0.1, 0.15) is 0 Å². The van der Waals surface area contributed by atoms with Crippen LogP contribution >= 0.6 is 0 Å². The monoisotopic (exact) mass is 293 g/mol. The summed E-state index contributed by atoms with van der Waals surface area (Å²) in [5.74, 6) is -0.273. The largest absolute Gasteiger partial charge is 0.328 e. The van der Waals surface area contributed by atoms with Gasteiger partial charge in [0.05, 0.1) is 16.2 Å². The lowest BCUT2D eigenvalue weighted by atomic mass is 10.0. The molecule has 1 aromatic rings. The third-order valence-corrected chi connectivity index (χ3v) is 3.50. The van der Waals surface area contributed by atoms with Crippen LogP contribution in [0.2, 0.25) is 0 Å². The number of carbonyl (C=O) groups is 1. The Hall–Kier alpha value is -1.95. The van der Waals surface area contributed by atoms with Crippen LogP contribution in [0.1, 0.15) is 38.7 Å². The topological polar surface area (TPSA) is 98.3 Å². The lowest BCUT2D eigenvalue weighted by molar-refractivity contribution is -0.385. The van der Waals surface area contributed by atoms with E-state index in [4.69, 9.17) is 5.73 Å². The minimum absolute atomic E-state index is 0.0115. The highest BCUT2D eigenvalue weighted by molar-refractivity contribution is 5.93. The summed E-state index contributed by atoms with van der Waals surface area (Å²) >= 11 is 0. The van der Waals surface area contributed by atoms with Gasteiger partial charge in [-0.1, -0.05) is 19.4 Å². The number of nitro benzene ring substituents is 1. The van der Waals surface area contributed by atoms with E-state index in [-0.39, 0.29) is 23.6 Å². The lowest BCUT2D eigenvalue weighted by Gasteiger charge is -2.14. The molecule has 1 amide bonds. The Kier molecular flexibility index (Phi) is 6.30. The summed E-state index contributed by atoms with van der Waals surface area (Å²) in [7, 11) is 0. The zero-order valence-corrected chi connectivity index (χ0v) is 12.8. The minimum Gasteiger partial charge on any atom is -0.328 e. The van der Waals surface area contributed by atoms with Crippen molar-refractivity contribution in [2.75, 3.05) is 5.32 Å². The number of amides is 1. The first kappa shape index (κ1) is 17.1. The van der Waals surface area contributed by atoms with Crippen LogP contribution in [-0.2, 0) is 4.79 Å². The maximum Gasteiger partial charge on any atom is 0.274 e. The maximum atomic E-state index is 12.1. The molecule has 2 atom stereocenters. The average Bonchev–Trinajstić information content (AvgIpc) is 2.40. The maximum absolute atomic E-state index is 12.1. The fraction of sp³-hybridized carbons (Fsp3) is 0.533. The van der Waals surface area contributed by atoms with Crippen molar-refractivity contribution in [1.82, 2.24) is 0 Å². The highest BCUT2D eigenvalue weighted by Gasteiger charge is 2.17. The van der Waals surface area contributed by atoms with Crippen LogP contribution < -0.4 is 11.1 Å². The van der Waals surface area contributed by atoms with Crippen molar-refractivity contribution in [2.24, 2.45) is 11.7 Å². The van der Waals surface area contributed by atoms with E-state index in [1.54, 1.807) is 19.1 Å². The fourth-order valence-electron chi connectivity index (χ4n) is 2.09. The number of rotatable bonds is 7. The van der Waals surface area contributed by atoms with Crippen LogP contribution in [0.4, 0.5) is 11.4 Å². The molecular weight excluding hydrogens is 270 g/mol. The van der Waals surface area contributed by atoms with Crippen LogP contribution in [0.15, 0.2) is 18.2 Å². The first-order chi connectivity index (χ1) is 9.82. The van der Waals surface area contributed by atoms with Gasteiger partial charge >= 0.3 is 0 Å². The van der Waals surface area contributed by atoms with E-state index in [1.807, 2.05) is 13.8 Å². The summed E-state index contributed by atoms with van der Waals surface area (Å²) in [4.78, 5) is 22.5. The van der Waals surface area contributed by atoms with Gasteiger partial charge in [-0.2, -0.15) is 0 Å². The number of hydrogen-bond acceptors (Lipinski definition) is 4. The molecular formula is C15H23N3O3. The number of benzene rings is 1. The van der Waals surface area contributed by atoms with E-state index >= 15 is 0 Å². The van der Waals surface area contributed by atoms with Gasteiger partial charge in [0.25, 0.3) is 5.69 Å². The predicted octanol–water partition coefficient (Wildman–Crippen LogP) is 3.00. The van der Waals surface area contributed by atoms with Crippen molar-refractivity contribution in [3.05, 3.63) is 33.9 Å². The SMILES string of the molecule is Cc1c(NC(=O)C(C)CCCC(C)N)cccc1[N+](=O)[O-]. The Bertz CT molecular complexity index is 515. The Morgan fingerprint density at radius 1 is 1.38 bits per heavy atom. The first-order valence-electron chi connectivity index (χ1n) is 7.13. The molecule has 1 aromatic carbocycles. The summed E-state index contributed by atoms with van der Waals surface area (Å²) in [5.41, 5.74) is 6.65. The van der Waals surface area contributed by atoms with Crippen LogP contribution in [-0.4, -0.2) is 16.9 Å². The Morgan fingerprint density at radius 2 is 2.05 bits per heavy atom. The number of hydrogen-bond donors (Lipinski definition) is 2. The summed E-state index contributed by atoms with van der Waals surface area (Å²) in [6.07, 6.45) is 2.52. The van der Waals surface area contributed by atoms with Crippen molar-refractivity contribution in [2.45, 2.75) is 46.1 Å². The van der Waals surface area contributed by atoms with E-state index in [1.165, 1.54) is 6.07 Å². The molecule has 0 spiro atoms. The molecule has 21 heavy (non-hydrogen) atoms. The van der Waals surface area contributed by atoms with Crippen molar-refractivity contribution >= 4 is 17.3 Å². The molecule has 0 aliphatic carbocycles. The molecule has 1 rings (SSSR count). The normalized spacial score (nSPS) is 13.5. The van der Waals surface area contributed by atoms with Gasteiger partial charge in [-0.05, 0) is 32.8 Å². The second-order valence-electron chi connectivity index (χ2n) is 5.51. The molecule has 0 bridgehead atoms. The predicted molar refractivity (Wildman–Crippen MR) is 83.1 cm³/mol. The second kappa shape index (κ2) is 7.73. The summed E-state index contributed by atoms with van der Waals surface area (Å²) in [6.45, 7) is 5.43. The molecule has 6 heteroatoms. The molecule has 0 fully saturated rings. The third-order valence-electron chi connectivity index (χ3n) is 3.50. The quantitative estimate of drug-likeness (QED) is 0.596. The van der Waals surface area contributed by atoms with E-state index < -0.39 is 4.92 Å². The fourth-order valence-corrected chi connectivity index (χ4v) is 2.09. The van der Waals surface area contributed by atoms with Gasteiger partial charge in [-0.15, -0.1) is 0 Å². The number of nitro groups is 1. The number of carbonyl (C=O) groups excluding carboxylic acids is 1. The zero-order chi connectivity index (χ0) is 16.0. The van der Waals surface area contributed by atoms with Crippen molar-refractivity contribution in [3.63, 3.8) is 0 Å². The summed E-state index contributed by atoms with van der Waals surface area (Å²) < 4.78 is 0. The van der Waals surface area contributed by atoms with Crippen LogP contribution in [0.5, 0.6) is 0 Å². The lowest BCUT2D eigenvalue weighted by Crippen LogP contribution is -2.22. The van der Waals surface area contributed by atoms with Crippen LogP contribution in [0.3, 0.4) is 0 Å². The molecule has 6 nitrogen and oxygen atoms in total. The van der Waals surface area contributed by atoms with Gasteiger partial charge in [0.2, 0.25) is 5.91 Å². The Balaban J connectivity index is 2.66. The zero-order valence-electron chi connectivity index (χ0n) is 12.8. The van der Waals surface area contributed by atoms with Gasteiger partial charge < -0.3 is 11.1 Å². The molecule has 0 aliphatic heterocycles. The van der Waals surface area contributed by atoms with E-state index in [0.717, 1.165) is 19.3 Å². The summed E-state index contributed by atoms with van der Waals surface area (Å²) in [6, 6.07) is 4.81. The highest BCUT2D eigenvalue weighted by Crippen LogP contribution is 2.25. The molecule has 2 unspecified atom stereocenters. The molecule has 0 aromatic heterocycles. The Morgan fingerprint density at radius 3 is 2.62 bits per heavy atom. The summed E-state index contributed by atoms with van der Waals surface area (Å²) in [5, 5.41) is 13.6. The van der Waals surface area contributed by atoms with Crippen molar-refractivity contribution in [3.8, 4) is 0 Å². The molecule has 0 heterocycles. The van der Waals surface area contributed by atoms with E-state index in [9.17, 15) is 14.9 Å². The number of nitrogens with one attached hydrogen (secondary N) is 1. The van der Waals surface area contributed by atoms with Crippen molar-refractivity contribution in [1.29, 1.82) is 0 Å². The van der Waals surface area contributed by atoms with Gasteiger partial charge in [-0.3, -0.25) is 14.9 Å². The van der Waals surface area contributed by atoms with Crippen LogP contribution in [0, 0.1) is 23.0 Å². The Labute approximate surface area is 124 Å². The minimum atomic E-state index is -0.447. The average molecular weight is 293 g/mol. The number of nitrogens with zero attached hydrogens (tertiary/aromatic N) is 1. The van der Waals surface area contributed by atoms with E-state index in [0.29, 0.717) is 11.3 Å². The molecule has 3 N–H and O–H groups in total. The highest BCUT2D eigenvalue weighted by atomic mass is 16.6. The first-order valence-corrected chi connectivity index (χ1v) is 7.13. The molecule has 0 radical (unpaired) electrons. The second-order valence-corrected chi connectivity index (χ2v) is 5.51. The standard InChI is InChI=1S/C15H23N3O3/c1-10(6-4-7-11(2)16)15(19)17-13-8-5-9-14(12(13)3)18(20)21/h5,8-11H,4,6-7,16H2,1-3H3,(H,17,19). The van der Waals surface area contributed by atoms with Crippen molar-refractivity contribution < 1.29 is 9.72 Å². The van der Waals surface area contributed by atoms with E-state index in [2.05, 4.69) is 5.32 Å². The molecule has 116 valence electrons. The number of anilines is 1. The van der Waals surface area contributed by atoms with Crippen LogP contribution in [0.25, 0.3) is 0 Å².